The van der Waals surface area contributed by atoms with Crippen molar-refractivity contribution in [3.05, 3.63) is 47.9 Å². The molecule has 1 unspecified atom stereocenters. The third kappa shape index (κ3) is 5.31. The van der Waals surface area contributed by atoms with Gasteiger partial charge in [0.15, 0.2) is 0 Å². The van der Waals surface area contributed by atoms with Gasteiger partial charge in [-0.1, -0.05) is 19.3 Å². The molecular weight excluding hydrogens is 468 g/mol. The Bertz CT molecular complexity index is 1180. The van der Waals surface area contributed by atoms with Gasteiger partial charge in [0.25, 0.3) is 5.91 Å². The summed E-state index contributed by atoms with van der Waals surface area (Å²) < 4.78 is 0. The van der Waals surface area contributed by atoms with Crippen molar-refractivity contribution in [2.24, 2.45) is 17.8 Å². The fraction of sp³-hybridized carbons (Fsp3) is 0.536. The van der Waals surface area contributed by atoms with E-state index in [1.165, 1.54) is 24.2 Å². The lowest BCUT2D eigenvalue weighted by Gasteiger charge is -2.46. The zero-order valence-electron chi connectivity index (χ0n) is 21.6. The quantitative estimate of drug-likeness (QED) is 0.557. The highest BCUT2D eigenvalue weighted by atomic mass is 16.2. The van der Waals surface area contributed by atoms with Crippen LogP contribution < -0.4 is 16.0 Å². The number of amides is 4. The van der Waals surface area contributed by atoms with Crippen molar-refractivity contribution in [3.8, 4) is 0 Å². The highest BCUT2D eigenvalue weighted by molar-refractivity contribution is 6.12. The molecule has 1 aliphatic heterocycles. The lowest BCUT2D eigenvalue weighted by atomic mass is 9.80. The number of carbonyl (C=O) groups is 3. The normalized spacial score (nSPS) is 22.8. The maximum absolute atomic E-state index is 13.8. The van der Waals surface area contributed by atoms with Crippen LogP contribution >= 0.6 is 0 Å². The molecule has 2 aromatic heterocycles. The Labute approximate surface area is 217 Å². The molecule has 0 bridgehead atoms. The largest absolute Gasteiger partial charge is 0.384 e. The number of hydrogen-bond acceptors (Lipinski definition) is 6. The number of nitrogens with two attached hydrogens (primary N) is 1. The van der Waals surface area contributed by atoms with E-state index in [2.05, 4.69) is 15.3 Å². The second-order valence-electron chi connectivity index (χ2n) is 10.8. The highest BCUT2D eigenvalue weighted by Gasteiger charge is 2.56. The highest BCUT2D eigenvalue weighted by Crippen LogP contribution is 2.41. The predicted molar refractivity (Wildman–Crippen MR) is 140 cm³/mol. The van der Waals surface area contributed by atoms with Crippen LogP contribution in [0.3, 0.4) is 0 Å². The number of anilines is 2. The maximum Gasteiger partial charge on any atom is 0.325 e. The van der Waals surface area contributed by atoms with Crippen molar-refractivity contribution in [2.45, 2.75) is 70.4 Å². The van der Waals surface area contributed by atoms with Gasteiger partial charge >= 0.3 is 6.03 Å². The number of aryl methyl sites for hydroxylation is 1. The number of carbonyl (C=O) groups excluding carboxylic acids is 3. The lowest BCUT2D eigenvalue weighted by molar-refractivity contribution is -0.156. The molecule has 4 amide bonds. The number of rotatable bonds is 7. The van der Waals surface area contributed by atoms with Gasteiger partial charge < -0.3 is 16.0 Å². The molecular formula is C28H36N6O3. The molecule has 0 aromatic carbocycles. The average Bonchev–Trinajstić information content (AvgIpc) is 3.74. The molecule has 2 aliphatic carbocycles. The molecule has 9 nitrogen and oxygen atoms in total. The van der Waals surface area contributed by atoms with Crippen LogP contribution in [-0.2, 0) is 16.0 Å². The monoisotopic (exact) mass is 504 g/mol. The summed E-state index contributed by atoms with van der Waals surface area (Å²) in [5.41, 5.74) is 8.10. The molecule has 3 aliphatic rings. The van der Waals surface area contributed by atoms with Gasteiger partial charge in [-0.3, -0.25) is 19.5 Å². The summed E-state index contributed by atoms with van der Waals surface area (Å²) in [5, 5.41) is 3.20. The first-order valence-electron chi connectivity index (χ1n) is 13.4. The number of likely N-dealkylation sites (tertiary alicyclic amines) is 1. The van der Waals surface area contributed by atoms with Gasteiger partial charge in [-0.25, -0.2) is 9.78 Å². The van der Waals surface area contributed by atoms with Crippen molar-refractivity contribution in [3.63, 3.8) is 0 Å². The van der Waals surface area contributed by atoms with E-state index >= 15 is 0 Å². The number of urea groups is 1. The minimum absolute atomic E-state index is 0.0657. The third-order valence-corrected chi connectivity index (χ3v) is 8.16. The van der Waals surface area contributed by atoms with E-state index in [0.29, 0.717) is 29.8 Å². The van der Waals surface area contributed by atoms with Gasteiger partial charge in [-0.05, 0) is 80.7 Å². The van der Waals surface area contributed by atoms with Gasteiger partial charge in [-0.15, -0.1) is 0 Å². The summed E-state index contributed by atoms with van der Waals surface area (Å²) in [6.07, 6.45) is 11.6. The minimum atomic E-state index is -0.897. The second-order valence-corrected chi connectivity index (χ2v) is 10.8. The van der Waals surface area contributed by atoms with Crippen LogP contribution in [-0.4, -0.2) is 51.8 Å². The number of nitrogens with zero attached hydrogens (tertiary/aromatic N) is 4. The first-order valence-corrected chi connectivity index (χ1v) is 13.4. The number of pyridine rings is 2. The van der Waals surface area contributed by atoms with E-state index in [4.69, 9.17) is 5.73 Å². The molecule has 196 valence electrons. The average molecular weight is 505 g/mol. The van der Waals surface area contributed by atoms with Crippen molar-refractivity contribution >= 4 is 29.4 Å². The summed E-state index contributed by atoms with van der Waals surface area (Å²) in [6, 6.07) is 5.78. The predicted octanol–water partition coefficient (Wildman–Crippen LogP) is 3.47. The molecule has 3 heterocycles. The summed E-state index contributed by atoms with van der Waals surface area (Å²) in [4.78, 5) is 51.7. The first-order chi connectivity index (χ1) is 17.8. The van der Waals surface area contributed by atoms with E-state index in [0.717, 1.165) is 41.8 Å². The SMILES string of the molecule is Cc1cc(N(C)C(=O)[C@@H]2[C@@H](Cc3ccnc(N)c3)C(=O)N2C(=O)NC(C2CCCCC2)C2CC2)ccn1. The molecule has 37 heavy (non-hydrogen) atoms. The lowest BCUT2D eigenvalue weighted by Crippen LogP contribution is -2.71. The van der Waals surface area contributed by atoms with Crippen molar-refractivity contribution < 1.29 is 14.4 Å². The molecule has 1 saturated heterocycles. The Hall–Kier alpha value is -3.49. The van der Waals surface area contributed by atoms with E-state index < -0.39 is 18.0 Å². The number of nitrogens with one attached hydrogen (secondary N) is 1. The van der Waals surface area contributed by atoms with E-state index in [1.807, 2.05) is 13.0 Å². The molecule has 0 spiro atoms. The minimum Gasteiger partial charge on any atom is -0.384 e. The van der Waals surface area contributed by atoms with Gasteiger partial charge in [0.1, 0.15) is 11.9 Å². The van der Waals surface area contributed by atoms with E-state index in [-0.39, 0.29) is 17.9 Å². The Morgan fingerprint density at radius 1 is 1.08 bits per heavy atom. The summed E-state index contributed by atoms with van der Waals surface area (Å²) in [5.74, 6) is -0.0217. The summed E-state index contributed by atoms with van der Waals surface area (Å²) >= 11 is 0. The standard InChI is InChI=1S/C28H36N6O3/c1-17-14-21(11-13-30-17)33(2)27(36)25-22(15-18-10-12-31-23(29)16-18)26(35)34(25)28(37)32-24(20-8-9-20)19-6-4-3-5-7-19/h10-14,16,19-20,22,24-25H,3-9,15H2,1-2H3,(H2,29,31)(H,32,37)/t22-,24?,25+/m1/s1. The smallest absolute Gasteiger partial charge is 0.325 e. The number of likely N-dealkylation sites (N-methyl/N-ethyl adjacent to an activating group) is 1. The van der Waals surface area contributed by atoms with E-state index in [9.17, 15) is 14.4 Å². The molecule has 3 atom stereocenters. The van der Waals surface area contributed by atoms with Crippen LogP contribution in [0, 0.1) is 24.7 Å². The van der Waals surface area contributed by atoms with Gasteiger partial charge in [0.2, 0.25) is 5.91 Å². The Morgan fingerprint density at radius 3 is 2.46 bits per heavy atom. The molecule has 2 saturated carbocycles. The van der Waals surface area contributed by atoms with Gasteiger partial charge in [-0.2, -0.15) is 0 Å². The van der Waals surface area contributed by atoms with Crippen molar-refractivity contribution in [1.29, 1.82) is 0 Å². The zero-order chi connectivity index (χ0) is 26.1. The fourth-order valence-electron chi connectivity index (χ4n) is 5.98. The number of imide groups is 1. The number of hydrogen-bond donors (Lipinski definition) is 2. The van der Waals surface area contributed by atoms with Crippen LogP contribution in [0.1, 0.15) is 56.2 Å². The van der Waals surface area contributed by atoms with E-state index in [1.54, 1.807) is 37.6 Å². The molecule has 2 aromatic rings. The van der Waals surface area contributed by atoms with Crippen LogP contribution in [0.15, 0.2) is 36.7 Å². The topological polar surface area (TPSA) is 122 Å². The van der Waals surface area contributed by atoms with Crippen LogP contribution in [0.2, 0.25) is 0 Å². The Morgan fingerprint density at radius 2 is 1.78 bits per heavy atom. The Kier molecular flexibility index (Phi) is 7.13. The first kappa shape index (κ1) is 25.2. The van der Waals surface area contributed by atoms with Crippen LogP contribution in [0.4, 0.5) is 16.3 Å². The van der Waals surface area contributed by atoms with Gasteiger partial charge in [0, 0.05) is 36.9 Å². The Balaban J connectivity index is 1.38. The summed E-state index contributed by atoms with van der Waals surface area (Å²) in [7, 11) is 1.67. The molecule has 5 rings (SSSR count). The second kappa shape index (κ2) is 10.5. The van der Waals surface area contributed by atoms with Crippen LogP contribution in [0.25, 0.3) is 0 Å². The summed E-state index contributed by atoms with van der Waals surface area (Å²) in [6.45, 7) is 1.86. The third-order valence-electron chi connectivity index (χ3n) is 8.16. The molecule has 0 radical (unpaired) electrons. The molecule has 3 N–H and O–H groups in total. The van der Waals surface area contributed by atoms with Crippen molar-refractivity contribution in [1.82, 2.24) is 20.2 Å². The van der Waals surface area contributed by atoms with Crippen molar-refractivity contribution in [2.75, 3.05) is 17.7 Å². The number of nitrogen functional groups attached to an aromatic ring is 1. The maximum atomic E-state index is 13.8. The fourth-order valence-corrected chi connectivity index (χ4v) is 5.98. The number of β-lactam (4-membered cyclic amide) rings is 1. The van der Waals surface area contributed by atoms with Crippen LogP contribution in [0.5, 0.6) is 0 Å². The number of aromatic nitrogens is 2. The van der Waals surface area contributed by atoms with Gasteiger partial charge in [0.05, 0.1) is 5.92 Å². The molecule has 3 fully saturated rings. The molecule has 9 heteroatoms. The zero-order valence-corrected chi connectivity index (χ0v) is 21.6.